The van der Waals surface area contributed by atoms with Crippen LogP contribution in [0.1, 0.15) is 32.1 Å². The molecule has 1 heterocycles. The lowest BCUT2D eigenvalue weighted by molar-refractivity contribution is 0.528. The fraction of sp³-hybridized carbons (Fsp3) is 0.417. The quantitative estimate of drug-likeness (QED) is 0.753. The van der Waals surface area contributed by atoms with Gasteiger partial charge in [-0.25, -0.2) is 9.37 Å². The molecular formula is C12H13BrClFN2. The lowest BCUT2D eigenvalue weighted by atomic mass is 10.2. The van der Waals surface area contributed by atoms with Crippen molar-refractivity contribution in [1.29, 1.82) is 0 Å². The molecule has 0 fully saturated rings. The van der Waals surface area contributed by atoms with Gasteiger partial charge in [0.25, 0.3) is 0 Å². The molecule has 1 aromatic heterocycles. The molecule has 2 rings (SSSR count). The fourth-order valence-electron chi connectivity index (χ4n) is 1.91. The first kappa shape index (κ1) is 12.8. The number of imidazole rings is 1. The van der Waals surface area contributed by atoms with Crippen LogP contribution in [0.4, 0.5) is 4.39 Å². The zero-order chi connectivity index (χ0) is 12.6. The number of hydrogen-bond acceptors (Lipinski definition) is 1. The average Bonchev–Trinajstić information content (AvgIpc) is 2.66. The highest BCUT2D eigenvalue weighted by atomic mass is 79.9. The molecule has 0 spiro atoms. The summed E-state index contributed by atoms with van der Waals surface area (Å²) < 4.78 is 16.0. The van der Waals surface area contributed by atoms with Gasteiger partial charge in [-0.1, -0.05) is 6.92 Å². The minimum absolute atomic E-state index is 0.259. The van der Waals surface area contributed by atoms with Crippen molar-refractivity contribution in [3.05, 3.63) is 28.2 Å². The van der Waals surface area contributed by atoms with E-state index in [2.05, 4.69) is 34.8 Å². The summed E-state index contributed by atoms with van der Waals surface area (Å²) in [5, 5.41) is 0. The molecule has 5 heteroatoms. The van der Waals surface area contributed by atoms with Crippen LogP contribution >= 0.6 is 27.5 Å². The van der Waals surface area contributed by atoms with Crippen LogP contribution in [-0.2, 0) is 5.88 Å². The molecule has 0 aliphatic carbocycles. The Morgan fingerprint density at radius 1 is 1.53 bits per heavy atom. The molecule has 1 aromatic carbocycles. The Morgan fingerprint density at radius 3 is 2.82 bits per heavy atom. The second kappa shape index (κ2) is 4.94. The Morgan fingerprint density at radius 2 is 2.24 bits per heavy atom. The summed E-state index contributed by atoms with van der Waals surface area (Å²) in [4.78, 5) is 4.44. The highest BCUT2D eigenvalue weighted by Crippen LogP contribution is 2.28. The van der Waals surface area contributed by atoms with Gasteiger partial charge in [-0.15, -0.1) is 11.6 Å². The van der Waals surface area contributed by atoms with Crippen molar-refractivity contribution in [2.75, 3.05) is 0 Å². The van der Waals surface area contributed by atoms with Crippen LogP contribution in [0, 0.1) is 5.82 Å². The smallest absolute Gasteiger partial charge is 0.139 e. The minimum atomic E-state index is -0.275. The van der Waals surface area contributed by atoms with Crippen LogP contribution in [0.25, 0.3) is 11.0 Å². The van der Waals surface area contributed by atoms with Gasteiger partial charge in [0.1, 0.15) is 11.6 Å². The number of benzene rings is 1. The second-order valence-electron chi connectivity index (χ2n) is 4.04. The molecule has 1 atom stereocenters. The molecule has 0 saturated carbocycles. The fourth-order valence-corrected chi connectivity index (χ4v) is 2.43. The van der Waals surface area contributed by atoms with Gasteiger partial charge < -0.3 is 4.57 Å². The van der Waals surface area contributed by atoms with Gasteiger partial charge in [0.2, 0.25) is 0 Å². The van der Waals surface area contributed by atoms with E-state index in [1.54, 1.807) is 6.07 Å². The van der Waals surface area contributed by atoms with Gasteiger partial charge >= 0.3 is 0 Å². The van der Waals surface area contributed by atoms with Crippen molar-refractivity contribution >= 4 is 38.6 Å². The Bertz CT molecular complexity index is 553. The van der Waals surface area contributed by atoms with E-state index in [0.29, 0.717) is 10.4 Å². The van der Waals surface area contributed by atoms with Crippen LogP contribution in [0.5, 0.6) is 0 Å². The first-order chi connectivity index (χ1) is 8.08. The third-order valence-electron chi connectivity index (χ3n) is 2.96. The van der Waals surface area contributed by atoms with Crippen LogP contribution < -0.4 is 0 Å². The molecular weight excluding hydrogens is 307 g/mol. The minimum Gasteiger partial charge on any atom is -0.324 e. The number of nitrogens with zero attached hydrogens (tertiary/aromatic N) is 2. The molecule has 0 aliphatic rings. The Labute approximate surface area is 113 Å². The van der Waals surface area contributed by atoms with E-state index in [1.165, 1.54) is 6.07 Å². The van der Waals surface area contributed by atoms with Gasteiger partial charge in [-0.2, -0.15) is 0 Å². The molecule has 0 N–H and O–H groups in total. The van der Waals surface area contributed by atoms with Crippen molar-refractivity contribution in [3.8, 4) is 0 Å². The van der Waals surface area contributed by atoms with Gasteiger partial charge in [0.05, 0.1) is 21.4 Å². The van der Waals surface area contributed by atoms with E-state index in [9.17, 15) is 4.39 Å². The Kier molecular flexibility index (Phi) is 3.73. The number of hydrogen-bond donors (Lipinski definition) is 0. The highest BCUT2D eigenvalue weighted by molar-refractivity contribution is 9.10. The largest absolute Gasteiger partial charge is 0.324 e. The summed E-state index contributed by atoms with van der Waals surface area (Å²) in [6.07, 6.45) is 0.951. The van der Waals surface area contributed by atoms with Crippen molar-refractivity contribution in [2.24, 2.45) is 0 Å². The van der Waals surface area contributed by atoms with E-state index >= 15 is 0 Å². The van der Waals surface area contributed by atoms with Gasteiger partial charge in [-0.3, -0.25) is 0 Å². The van der Waals surface area contributed by atoms with Gasteiger partial charge in [0.15, 0.2) is 0 Å². The molecule has 17 heavy (non-hydrogen) atoms. The number of alkyl halides is 1. The zero-order valence-electron chi connectivity index (χ0n) is 9.67. The maximum absolute atomic E-state index is 13.6. The van der Waals surface area contributed by atoms with E-state index in [0.717, 1.165) is 23.3 Å². The zero-order valence-corrected chi connectivity index (χ0v) is 12.0. The van der Waals surface area contributed by atoms with E-state index in [4.69, 9.17) is 11.6 Å². The summed E-state index contributed by atoms with van der Waals surface area (Å²) in [6.45, 7) is 4.17. The van der Waals surface area contributed by atoms with Gasteiger partial charge in [0, 0.05) is 12.1 Å². The van der Waals surface area contributed by atoms with Crippen molar-refractivity contribution in [2.45, 2.75) is 32.2 Å². The Balaban J connectivity index is 2.74. The molecule has 2 nitrogen and oxygen atoms in total. The average molecular weight is 320 g/mol. The molecule has 0 aliphatic heterocycles. The lowest BCUT2D eigenvalue weighted by Crippen LogP contribution is -2.07. The molecule has 0 saturated heterocycles. The monoisotopic (exact) mass is 318 g/mol. The summed E-state index contributed by atoms with van der Waals surface area (Å²) in [6, 6.07) is 3.46. The van der Waals surface area contributed by atoms with Crippen molar-refractivity contribution in [1.82, 2.24) is 9.55 Å². The van der Waals surface area contributed by atoms with Crippen molar-refractivity contribution in [3.63, 3.8) is 0 Å². The molecule has 0 radical (unpaired) electrons. The predicted octanol–water partition coefficient (Wildman–Crippen LogP) is 4.65. The molecule has 0 amide bonds. The maximum atomic E-state index is 13.6. The summed E-state index contributed by atoms with van der Waals surface area (Å²) in [5.41, 5.74) is 1.57. The van der Waals surface area contributed by atoms with Crippen LogP contribution in [0.15, 0.2) is 16.6 Å². The normalized spacial score (nSPS) is 13.2. The first-order valence-corrected chi connectivity index (χ1v) is 6.83. The van der Waals surface area contributed by atoms with Crippen LogP contribution in [0.3, 0.4) is 0 Å². The maximum Gasteiger partial charge on any atom is 0.139 e. The lowest BCUT2D eigenvalue weighted by Gasteiger charge is -2.14. The Hall–Kier alpha value is -0.610. The number of aromatic nitrogens is 2. The topological polar surface area (TPSA) is 17.8 Å². The molecule has 1 unspecified atom stereocenters. The van der Waals surface area contributed by atoms with E-state index in [-0.39, 0.29) is 11.9 Å². The molecule has 92 valence electrons. The summed E-state index contributed by atoms with van der Waals surface area (Å²) >= 11 is 9.06. The number of fused-ring (bicyclic) bond motifs is 1. The SMILES string of the molecule is CCC(C)n1c(CCl)nc2cc(Br)c(F)cc21. The first-order valence-electron chi connectivity index (χ1n) is 5.50. The highest BCUT2D eigenvalue weighted by Gasteiger charge is 2.16. The number of rotatable bonds is 3. The standard InChI is InChI=1S/C12H13BrClFN2/c1-3-7(2)17-11-5-9(15)8(13)4-10(11)16-12(17)6-14/h4-5,7H,3,6H2,1-2H3. The summed E-state index contributed by atoms with van der Waals surface area (Å²) in [5.74, 6) is 0.842. The van der Waals surface area contributed by atoms with Crippen LogP contribution in [0.2, 0.25) is 0 Å². The molecule has 0 bridgehead atoms. The van der Waals surface area contributed by atoms with E-state index < -0.39 is 0 Å². The van der Waals surface area contributed by atoms with Crippen LogP contribution in [-0.4, -0.2) is 9.55 Å². The van der Waals surface area contributed by atoms with E-state index in [1.807, 2.05) is 4.57 Å². The third kappa shape index (κ3) is 2.20. The number of halogens is 3. The van der Waals surface area contributed by atoms with Gasteiger partial charge in [-0.05, 0) is 35.3 Å². The molecule has 2 aromatic rings. The third-order valence-corrected chi connectivity index (χ3v) is 3.80. The summed E-state index contributed by atoms with van der Waals surface area (Å²) in [7, 11) is 0. The van der Waals surface area contributed by atoms with Crippen molar-refractivity contribution < 1.29 is 4.39 Å². The second-order valence-corrected chi connectivity index (χ2v) is 5.17. The predicted molar refractivity (Wildman–Crippen MR) is 72.0 cm³/mol.